The molecule has 0 spiro atoms. The fourth-order valence-corrected chi connectivity index (χ4v) is 4.80. The first-order valence-electron chi connectivity index (χ1n) is 11.8. The van der Waals surface area contributed by atoms with Crippen molar-refractivity contribution in [2.75, 3.05) is 72.5 Å². The fraction of sp³-hybridized carbons (Fsp3) is 0.909. The van der Waals surface area contributed by atoms with Crippen molar-refractivity contribution < 1.29 is 4.79 Å². The summed E-state index contributed by atoms with van der Waals surface area (Å²) in [6.45, 7) is 14.7. The largest absolute Gasteiger partial charge is 0.356 e. The third-order valence-corrected chi connectivity index (χ3v) is 6.96. The number of guanidine groups is 1. The summed E-state index contributed by atoms with van der Waals surface area (Å²) < 4.78 is 0. The van der Waals surface area contributed by atoms with Crippen molar-refractivity contribution in [2.45, 2.75) is 52.0 Å². The fourth-order valence-electron chi connectivity index (χ4n) is 4.80. The van der Waals surface area contributed by atoms with Gasteiger partial charge in [-0.3, -0.25) is 14.7 Å². The Hall–Kier alpha value is -0.610. The normalized spacial score (nSPS) is 23.4. The molecule has 3 saturated heterocycles. The number of hydrogen-bond donors (Lipinski definition) is 1. The summed E-state index contributed by atoms with van der Waals surface area (Å²) in [5, 5.41) is 3.55. The van der Waals surface area contributed by atoms with Crippen molar-refractivity contribution in [3.63, 3.8) is 0 Å². The summed E-state index contributed by atoms with van der Waals surface area (Å²) in [6, 6.07) is -0.00233. The first kappa shape index (κ1) is 25.6. The van der Waals surface area contributed by atoms with E-state index in [1.807, 2.05) is 11.9 Å². The number of piperidine rings is 1. The minimum Gasteiger partial charge on any atom is -0.356 e. The molecule has 174 valence electrons. The molecule has 7 nitrogen and oxygen atoms in total. The van der Waals surface area contributed by atoms with Crippen LogP contribution < -0.4 is 5.32 Å². The van der Waals surface area contributed by atoms with Crippen LogP contribution in [0.5, 0.6) is 0 Å². The van der Waals surface area contributed by atoms with E-state index in [-0.39, 0.29) is 30.0 Å². The Morgan fingerprint density at radius 2 is 1.63 bits per heavy atom. The molecular weight excluding hydrogens is 491 g/mol. The Balaban J connectivity index is 0.00000320. The van der Waals surface area contributed by atoms with Crippen LogP contribution in [0.25, 0.3) is 0 Å². The quantitative estimate of drug-likeness (QED) is 0.244. The molecule has 0 aromatic carbocycles. The minimum absolute atomic E-state index is 0. The van der Waals surface area contributed by atoms with Crippen molar-refractivity contribution in [3.8, 4) is 0 Å². The maximum Gasteiger partial charge on any atom is 0.239 e. The Bertz CT molecular complexity index is 538. The monoisotopic (exact) mass is 534 g/mol. The summed E-state index contributed by atoms with van der Waals surface area (Å²) in [5.41, 5.74) is 0. The molecule has 8 heteroatoms. The molecule has 0 aliphatic carbocycles. The Morgan fingerprint density at radius 1 is 1.00 bits per heavy atom. The number of hydrogen-bond acceptors (Lipinski definition) is 4. The number of carbonyl (C=O) groups excluding carboxylic acids is 1. The molecule has 1 atom stereocenters. The highest BCUT2D eigenvalue weighted by Crippen LogP contribution is 2.16. The molecule has 0 aromatic heterocycles. The Labute approximate surface area is 200 Å². The van der Waals surface area contributed by atoms with E-state index >= 15 is 0 Å². The zero-order chi connectivity index (χ0) is 20.6. The number of halogens is 1. The average Bonchev–Trinajstić information content (AvgIpc) is 3.29. The number of nitrogens with zero attached hydrogens (tertiary/aromatic N) is 5. The lowest BCUT2D eigenvalue weighted by Crippen LogP contribution is -2.57. The van der Waals surface area contributed by atoms with Crippen LogP contribution in [0.2, 0.25) is 0 Å². The molecule has 1 amide bonds. The summed E-state index contributed by atoms with van der Waals surface area (Å²) in [7, 11) is 1.88. The van der Waals surface area contributed by atoms with Crippen molar-refractivity contribution in [1.82, 2.24) is 24.9 Å². The van der Waals surface area contributed by atoms with Gasteiger partial charge < -0.3 is 20.0 Å². The molecule has 3 rings (SSSR count). The van der Waals surface area contributed by atoms with Gasteiger partial charge in [0.2, 0.25) is 5.91 Å². The van der Waals surface area contributed by atoms with Crippen LogP contribution in [0, 0.1) is 5.92 Å². The first-order chi connectivity index (χ1) is 14.1. The highest BCUT2D eigenvalue weighted by molar-refractivity contribution is 14.0. The van der Waals surface area contributed by atoms with Crippen LogP contribution in [-0.2, 0) is 4.79 Å². The number of likely N-dealkylation sites (tertiary alicyclic amines) is 2. The number of piperazine rings is 1. The Kier molecular flexibility index (Phi) is 11.2. The molecule has 3 aliphatic heterocycles. The SMILES string of the molecule is CN=C(NCCCN1CCC(C)CC1)N1CCN(C(C)C(=O)N2CCCC2)CC1.I. The van der Waals surface area contributed by atoms with E-state index in [1.54, 1.807) is 0 Å². The van der Waals surface area contributed by atoms with E-state index in [1.165, 1.54) is 32.5 Å². The summed E-state index contributed by atoms with van der Waals surface area (Å²) in [6.07, 6.45) is 6.17. The van der Waals surface area contributed by atoms with Crippen molar-refractivity contribution in [3.05, 3.63) is 0 Å². The number of amides is 1. The zero-order valence-electron chi connectivity index (χ0n) is 19.3. The summed E-state index contributed by atoms with van der Waals surface area (Å²) in [5.74, 6) is 2.22. The topological polar surface area (TPSA) is 54.4 Å². The van der Waals surface area contributed by atoms with Crippen LogP contribution >= 0.6 is 24.0 Å². The van der Waals surface area contributed by atoms with Gasteiger partial charge in [-0.05, 0) is 64.6 Å². The average molecular weight is 535 g/mol. The van der Waals surface area contributed by atoms with Gasteiger partial charge in [0.05, 0.1) is 6.04 Å². The van der Waals surface area contributed by atoms with E-state index in [0.717, 1.165) is 77.0 Å². The lowest BCUT2D eigenvalue weighted by molar-refractivity contribution is -0.135. The second kappa shape index (κ2) is 13.1. The van der Waals surface area contributed by atoms with Crippen LogP contribution in [0.1, 0.15) is 46.0 Å². The molecule has 0 saturated carbocycles. The lowest BCUT2D eigenvalue weighted by Gasteiger charge is -2.39. The molecule has 1 unspecified atom stereocenters. The second-order valence-electron chi connectivity index (χ2n) is 9.08. The van der Waals surface area contributed by atoms with Gasteiger partial charge in [0.15, 0.2) is 5.96 Å². The first-order valence-corrected chi connectivity index (χ1v) is 11.8. The van der Waals surface area contributed by atoms with Crippen molar-refractivity contribution in [2.24, 2.45) is 10.9 Å². The zero-order valence-corrected chi connectivity index (χ0v) is 21.6. The van der Waals surface area contributed by atoms with Crippen molar-refractivity contribution in [1.29, 1.82) is 0 Å². The lowest BCUT2D eigenvalue weighted by atomic mass is 9.99. The standard InChI is InChI=1S/C22H42N6O.HI/c1-19-7-13-25(14-8-19)10-6-9-24-22(23-3)28-17-15-26(16-18-28)20(2)21(29)27-11-4-5-12-27;/h19-20H,4-18H2,1-3H3,(H,23,24);1H. The van der Waals surface area contributed by atoms with Gasteiger partial charge in [0, 0.05) is 52.9 Å². The molecule has 3 aliphatic rings. The van der Waals surface area contributed by atoms with Crippen LogP contribution in [0.15, 0.2) is 4.99 Å². The predicted octanol–water partition coefficient (Wildman–Crippen LogP) is 1.93. The summed E-state index contributed by atoms with van der Waals surface area (Å²) >= 11 is 0. The molecule has 3 fully saturated rings. The van der Waals surface area contributed by atoms with Crippen molar-refractivity contribution >= 4 is 35.8 Å². The van der Waals surface area contributed by atoms with Gasteiger partial charge in [0.25, 0.3) is 0 Å². The molecule has 3 heterocycles. The summed E-state index contributed by atoms with van der Waals surface area (Å²) in [4.78, 5) is 26.5. The predicted molar refractivity (Wildman–Crippen MR) is 135 cm³/mol. The third-order valence-electron chi connectivity index (χ3n) is 6.96. The molecule has 0 bridgehead atoms. The van der Waals surface area contributed by atoms with Crippen LogP contribution in [0.3, 0.4) is 0 Å². The minimum atomic E-state index is -0.00233. The van der Waals surface area contributed by atoms with Crippen LogP contribution in [-0.4, -0.2) is 110 Å². The van der Waals surface area contributed by atoms with E-state index in [2.05, 4.69) is 38.9 Å². The van der Waals surface area contributed by atoms with Gasteiger partial charge in [-0.2, -0.15) is 0 Å². The maximum atomic E-state index is 12.7. The Morgan fingerprint density at radius 3 is 2.23 bits per heavy atom. The third kappa shape index (κ3) is 7.22. The van der Waals surface area contributed by atoms with E-state index in [0.29, 0.717) is 5.91 Å². The highest BCUT2D eigenvalue weighted by atomic mass is 127. The molecule has 1 N–H and O–H groups in total. The molecular formula is C22H43IN6O. The highest BCUT2D eigenvalue weighted by Gasteiger charge is 2.30. The van der Waals surface area contributed by atoms with Gasteiger partial charge in [-0.15, -0.1) is 24.0 Å². The van der Waals surface area contributed by atoms with Gasteiger partial charge in [-0.25, -0.2) is 0 Å². The van der Waals surface area contributed by atoms with E-state index in [9.17, 15) is 4.79 Å². The maximum absolute atomic E-state index is 12.7. The molecule has 0 aromatic rings. The van der Waals surface area contributed by atoms with E-state index < -0.39 is 0 Å². The number of rotatable bonds is 6. The van der Waals surface area contributed by atoms with Gasteiger partial charge in [-0.1, -0.05) is 6.92 Å². The number of nitrogens with one attached hydrogen (secondary N) is 1. The molecule has 30 heavy (non-hydrogen) atoms. The smallest absolute Gasteiger partial charge is 0.239 e. The number of aliphatic imine (C=N–C) groups is 1. The van der Waals surface area contributed by atoms with Gasteiger partial charge >= 0.3 is 0 Å². The van der Waals surface area contributed by atoms with E-state index in [4.69, 9.17) is 0 Å². The van der Waals surface area contributed by atoms with Crippen LogP contribution in [0.4, 0.5) is 0 Å². The second-order valence-corrected chi connectivity index (χ2v) is 9.08. The van der Waals surface area contributed by atoms with Gasteiger partial charge in [0.1, 0.15) is 0 Å². The number of carbonyl (C=O) groups is 1. The molecule has 0 radical (unpaired) electrons.